The molecule has 0 spiro atoms. The molecule has 0 heterocycles. The second kappa shape index (κ2) is 6.85. The Balaban J connectivity index is 2.28. The molecule has 0 saturated carbocycles. The fourth-order valence-corrected chi connectivity index (χ4v) is 2.67. The summed E-state index contributed by atoms with van der Waals surface area (Å²) in [5, 5.41) is 19.4. The van der Waals surface area contributed by atoms with Crippen LogP contribution in [0, 0.1) is 18.3 Å². The Kier molecular flexibility index (Phi) is 4.45. The van der Waals surface area contributed by atoms with Gasteiger partial charge in [-0.05, 0) is 35.7 Å². The van der Waals surface area contributed by atoms with Gasteiger partial charge in [0.05, 0.1) is 5.57 Å². The lowest BCUT2D eigenvalue weighted by molar-refractivity contribution is 0.475. The highest BCUT2D eigenvalue weighted by Crippen LogP contribution is 2.32. The molecule has 0 amide bonds. The summed E-state index contributed by atoms with van der Waals surface area (Å²) in [6.07, 6.45) is 0. The molecule has 0 atom stereocenters. The minimum atomic E-state index is 0.209. The molecule has 0 aromatic heterocycles. The normalized spacial score (nSPS) is 11.5. The maximum absolute atomic E-state index is 9.82. The van der Waals surface area contributed by atoms with E-state index in [4.69, 9.17) is 0 Å². The van der Waals surface area contributed by atoms with Crippen molar-refractivity contribution in [3.63, 3.8) is 0 Å². The predicted molar refractivity (Wildman–Crippen MR) is 97.3 cm³/mol. The van der Waals surface area contributed by atoms with E-state index in [0.29, 0.717) is 5.57 Å². The summed E-state index contributed by atoms with van der Waals surface area (Å²) in [4.78, 5) is 0. The van der Waals surface area contributed by atoms with Crippen molar-refractivity contribution < 1.29 is 5.11 Å². The van der Waals surface area contributed by atoms with Gasteiger partial charge in [-0.3, -0.25) is 0 Å². The molecule has 1 N–H and O–H groups in total. The number of hydrogen-bond donors (Lipinski definition) is 1. The van der Waals surface area contributed by atoms with Crippen LogP contribution in [0.25, 0.3) is 11.1 Å². The highest BCUT2D eigenvalue weighted by molar-refractivity contribution is 6.03. The molecule has 0 aliphatic heterocycles. The van der Waals surface area contributed by atoms with Crippen LogP contribution in [-0.4, -0.2) is 5.11 Å². The fourth-order valence-electron chi connectivity index (χ4n) is 2.67. The van der Waals surface area contributed by atoms with Gasteiger partial charge < -0.3 is 5.11 Å². The minimum Gasteiger partial charge on any atom is -0.508 e. The second-order valence-corrected chi connectivity index (χ2v) is 5.64. The Hall–Kier alpha value is -3.31. The Bertz CT molecular complexity index is 851. The summed E-state index contributed by atoms with van der Waals surface area (Å²) in [6, 6.07) is 27.1. The third kappa shape index (κ3) is 3.21. The number of phenols is 1. The molecule has 0 radical (unpaired) electrons. The van der Waals surface area contributed by atoms with Crippen LogP contribution < -0.4 is 0 Å². The highest BCUT2D eigenvalue weighted by atomic mass is 16.3. The lowest BCUT2D eigenvalue weighted by Gasteiger charge is -2.13. The number of aromatic hydroxyl groups is 1. The number of hydrogen-bond acceptors (Lipinski definition) is 2. The van der Waals surface area contributed by atoms with E-state index in [-0.39, 0.29) is 5.75 Å². The quantitative estimate of drug-likeness (QED) is 0.535. The zero-order valence-electron chi connectivity index (χ0n) is 13.4. The summed E-state index contributed by atoms with van der Waals surface area (Å²) in [5.74, 6) is 0.209. The van der Waals surface area contributed by atoms with Crippen molar-refractivity contribution in [3.05, 3.63) is 101 Å². The van der Waals surface area contributed by atoms with E-state index in [0.717, 1.165) is 22.3 Å². The van der Waals surface area contributed by atoms with Crippen molar-refractivity contribution in [1.82, 2.24) is 0 Å². The maximum Gasteiger partial charge on any atom is 0.115 e. The number of benzene rings is 3. The fraction of sp³-hybridized carbons (Fsp3) is 0.0455. The molecule has 0 saturated heterocycles. The Morgan fingerprint density at radius 3 is 1.83 bits per heavy atom. The van der Waals surface area contributed by atoms with Gasteiger partial charge >= 0.3 is 0 Å². The van der Waals surface area contributed by atoms with Crippen molar-refractivity contribution >= 4 is 11.1 Å². The van der Waals surface area contributed by atoms with E-state index in [1.165, 1.54) is 5.56 Å². The molecular weight excluding hydrogens is 294 g/mol. The lowest BCUT2D eigenvalue weighted by atomic mass is 9.90. The SMILES string of the molecule is Cc1ccc(/C(=C(\C#N)c2ccccc2)c2ccc(O)cc2)cc1. The number of nitriles is 1. The van der Waals surface area contributed by atoms with Gasteiger partial charge in [0.25, 0.3) is 0 Å². The zero-order chi connectivity index (χ0) is 16.9. The topological polar surface area (TPSA) is 44.0 Å². The molecule has 2 heteroatoms. The van der Waals surface area contributed by atoms with Crippen molar-refractivity contribution in [2.45, 2.75) is 6.92 Å². The molecule has 3 rings (SSSR count). The zero-order valence-corrected chi connectivity index (χ0v) is 13.4. The number of allylic oxidation sites excluding steroid dienone is 1. The van der Waals surface area contributed by atoms with Crippen LogP contribution in [0.2, 0.25) is 0 Å². The molecular formula is C22H17NO. The first-order valence-corrected chi connectivity index (χ1v) is 7.75. The maximum atomic E-state index is 9.82. The van der Waals surface area contributed by atoms with E-state index in [2.05, 4.69) is 6.07 Å². The van der Waals surface area contributed by atoms with Crippen molar-refractivity contribution in [2.75, 3.05) is 0 Å². The molecule has 116 valence electrons. The van der Waals surface area contributed by atoms with Crippen LogP contribution in [0.15, 0.2) is 78.9 Å². The molecule has 2 nitrogen and oxygen atoms in total. The molecule has 3 aromatic rings. The average Bonchev–Trinajstić information content (AvgIpc) is 2.62. The predicted octanol–water partition coefficient (Wildman–Crippen LogP) is 5.18. The third-order valence-corrected chi connectivity index (χ3v) is 3.92. The van der Waals surface area contributed by atoms with Crippen LogP contribution in [0.4, 0.5) is 0 Å². The summed E-state index contributed by atoms with van der Waals surface area (Å²) < 4.78 is 0. The largest absolute Gasteiger partial charge is 0.508 e. The number of aryl methyl sites for hydroxylation is 1. The van der Waals surface area contributed by atoms with E-state index in [9.17, 15) is 10.4 Å². The molecule has 0 aliphatic rings. The van der Waals surface area contributed by atoms with Crippen molar-refractivity contribution in [2.24, 2.45) is 0 Å². The summed E-state index contributed by atoms with van der Waals surface area (Å²) >= 11 is 0. The molecule has 0 aliphatic carbocycles. The standard InChI is InChI=1S/C22H17NO/c1-16-7-9-18(10-8-16)22(19-11-13-20(24)14-12-19)21(15-23)17-5-3-2-4-6-17/h2-14,24H,1H3/b22-21-. The summed E-state index contributed by atoms with van der Waals surface area (Å²) in [5.41, 5.74) is 5.41. The monoisotopic (exact) mass is 311 g/mol. The second-order valence-electron chi connectivity index (χ2n) is 5.64. The number of rotatable bonds is 3. The Morgan fingerprint density at radius 1 is 0.750 bits per heavy atom. The average molecular weight is 311 g/mol. The van der Waals surface area contributed by atoms with Crippen LogP contribution >= 0.6 is 0 Å². The number of phenolic OH excluding ortho intramolecular Hbond substituents is 1. The van der Waals surface area contributed by atoms with Gasteiger partial charge in [0.2, 0.25) is 0 Å². The van der Waals surface area contributed by atoms with Gasteiger partial charge in [-0.15, -0.1) is 0 Å². The third-order valence-electron chi connectivity index (χ3n) is 3.92. The van der Waals surface area contributed by atoms with Gasteiger partial charge in [0.1, 0.15) is 11.8 Å². The van der Waals surface area contributed by atoms with Gasteiger partial charge in [-0.2, -0.15) is 5.26 Å². The molecule has 0 fully saturated rings. The van der Waals surface area contributed by atoms with Crippen LogP contribution in [-0.2, 0) is 0 Å². The van der Waals surface area contributed by atoms with E-state index in [1.807, 2.05) is 73.7 Å². The Morgan fingerprint density at radius 2 is 1.29 bits per heavy atom. The van der Waals surface area contributed by atoms with E-state index in [1.54, 1.807) is 12.1 Å². The van der Waals surface area contributed by atoms with Crippen molar-refractivity contribution in [1.29, 1.82) is 5.26 Å². The van der Waals surface area contributed by atoms with Gasteiger partial charge in [0.15, 0.2) is 0 Å². The smallest absolute Gasteiger partial charge is 0.115 e. The van der Waals surface area contributed by atoms with E-state index >= 15 is 0 Å². The first kappa shape index (κ1) is 15.6. The van der Waals surface area contributed by atoms with Gasteiger partial charge in [-0.1, -0.05) is 72.3 Å². The molecule has 3 aromatic carbocycles. The first-order chi connectivity index (χ1) is 11.7. The number of nitrogens with zero attached hydrogens (tertiary/aromatic N) is 1. The van der Waals surface area contributed by atoms with Crippen molar-refractivity contribution in [3.8, 4) is 11.8 Å². The van der Waals surface area contributed by atoms with Crippen LogP contribution in [0.3, 0.4) is 0 Å². The lowest BCUT2D eigenvalue weighted by Crippen LogP contribution is -1.94. The first-order valence-electron chi connectivity index (χ1n) is 7.75. The molecule has 0 bridgehead atoms. The van der Waals surface area contributed by atoms with Gasteiger partial charge in [0, 0.05) is 5.57 Å². The van der Waals surface area contributed by atoms with Gasteiger partial charge in [-0.25, -0.2) is 0 Å². The minimum absolute atomic E-state index is 0.209. The van der Waals surface area contributed by atoms with Crippen LogP contribution in [0.1, 0.15) is 22.3 Å². The van der Waals surface area contributed by atoms with Crippen LogP contribution in [0.5, 0.6) is 5.75 Å². The molecule has 0 unspecified atom stereocenters. The summed E-state index contributed by atoms with van der Waals surface area (Å²) in [7, 11) is 0. The Labute approximate surface area is 142 Å². The highest BCUT2D eigenvalue weighted by Gasteiger charge is 2.14. The molecule has 24 heavy (non-hydrogen) atoms. The summed E-state index contributed by atoms with van der Waals surface area (Å²) in [6.45, 7) is 2.04. The van der Waals surface area contributed by atoms with E-state index < -0.39 is 0 Å².